The lowest BCUT2D eigenvalue weighted by molar-refractivity contribution is -0.120. The highest BCUT2D eigenvalue weighted by atomic mass is 32.2. The van der Waals surface area contributed by atoms with Gasteiger partial charge in [0.05, 0.1) is 24.0 Å². The number of nitrogens with one attached hydrogen (secondary N) is 1. The largest absolute Gasteiger partial charge is 0.379 e. The molecule has 1 saturated heterocycles. The van der Waals surface area contributed by atoms with Crippen LogP contribution in [0.25, 0.3) is 0 Å². The standard InChI is InChI=1S/C12H16N2O4S/c1-19(16,17)9-4-2-8(3-5-9)14-12(15)10-6-18-7-11(10)13/h2-5,10-11H,6-7,13H2,1H3,(H,14,15). The fourth-order valence-corrected chi connectivity index (χ4v) is 2.49. The summed E-state index contributed by atoms with van der Waals surface area (Å²) in [7, 11) is -3.23. The molecule has 1 aliphatic heterocycles. The van der Waals surface area contributed by atoms with Gasteiger partial charge in [-0.2, -0.15) is 0 Å². The molecule has 0 aromatic heterocycles. The Labute approximate surface area is 111 Å². The molecule has 104 valence electrons. The van der Waals surface area contributed by atoms with Gasteiger partial charge in [0, 0.05) is 18.0 Å². The van der Waals surface area contributed by atoms with Crippen molar-refractivity contribution in [3.8, 4) is 0 Å². The van der Waals surface area contributed by atoms with Gasteiger partial charge in [-0.1, -0.05) is 0 Å². The fourth-order valence-electron chi connectivity index (χ4n) is 1.86. The van der Waals surface area contributed by atoms with E-state index in [2.05, 4.69) is 5.32 Å². The SMILES string of the molecule is CS(=O)(=O)c1ccc(NC(=O)C2COCC2N)cc1. The monoisotopic (exact) mass is 284 g/mol. The second-order valence-electron chi connectivity index (χ2n) is 4.59. The highest BCUT2D eigenvalue weighted by molar-refractivity contribution is 7.90. The van der Waals surface area contributed by atoms with Gasteiger partial charge in [0.25, 0.3) is 0 Å². The third kappa shape index (κ3) is 3.31. The van der Waals surface area contributed by atoms with Crippen LogP contribution in [0, 0.1) is 5.92 Å². The molecule has 0 radical (unpaired) electrons. The van der Waals surface area contributed by atoms with Crippen molar-refractivity contribution in [2.45, 2.75) is 10.9 Å². The Bertz CT molecular complexity index is 568. The molecule has 19 heavy (non-hydrogen) atoms. The quantitative estimate of drug-likeness (QED) is 0.814. The highest BCUT2D eigenvalue weighted by Gasteiger charge is 2.31. The van der Waals surface area contributed by atoms with Crippen LogP contribution in [0.5, 0.6) is 0 Å². The maximum Gasteiger partial charge on any atom is 0.231 e. The second kappa shape index (κ2) is 5.28. The molecule has 1 heterocycles. The second-order valence-corrected chi connectivity index (χ2v) is 6.61. The van der Waals surface area contributed by atoms with Crippen LogP contribution in [-0.4, -0.2) is 39.8 Å². The zero-order valence-corrected chi connectivity index (χ0v) is 11.3. The number of hydrogen-bond donors (Lipinski definition) is 2. The number of rotatable bonds is 3. The summed E-state index contributed by atoms with van der Waals surface area (Å²) in [6.45, 7) is 0.694. The maximum atomic E-state index is 11.9. The van der Waals surface area contributed by atoms with Crippen molar-refractivity contribution in [1.29, 1.82) is 0 Å². The van der Waals surface area contributed by atoms with Gasteiger partial charge in [-0.3, -0.25) is 4.79 Å². The number of hydrogen-bond acceptors (Lipinski definition) is 5. The molecule has 2 unspecified atom stereocenters. The first-order chi connectivity index (χ1) is 8.88. The number of anilines is 1. The zero-order chi connectivity index (χ0) is 14.0. The number of carbonyl (C=O) groups is 1. The van der Waals surface area contributed by atoms with Crippen LogP contribution < -0.4 is 11.1 Å². The van der Waals surface area contributed by atoms with Crippen molar-refractivity contribution in [3.05, 3.63) is 24.3 Å². The van der Waals surface area contributed by atoms with Crippen LogP contribution in [0.2, 0.25) is 0 Å². The van der Waals surface area contributed by atoms with Gasteiger partial charge in [-0.15, -0.1) is 0 Å². The van der Waals surface area contributed by atoms with Crippen molar-refractivity contribution < 1.29 is 17.9 Å². The molecule has 2 rings (SSSR count). The molecule has 1 aliphatic rings. The summed E-state index contributed by atoms with van der Waals surface area (Å²) >= 11 is 0. The first-order valence-corrected chi connectivity index (χ1v) is 7.71. The van der Waals surface area contributed by atoms with Crippen molar-refractivity contribution >= 4 is 21.4 Å². The van der Waals surface area contributed by atoms with Crippen molar-refractivity contribution in [3.63, 3.8) is 0 Å². The molecule has 0 bridgehead atoms. The van der Waals surface area contributed by atoms with Gasteiger partial charge in [-0.05, 0) is 24.3 Å². The van der Waals surface area contributed by atoms with Crippen LogP contribution in [0.3, 0.4) is 0 Å². The molecule has 3 N–H and O–H groups in total. The van der Waals surface area contributed by atoms with Gasteiger partial charge in [0.1, 0.15) is 0 Å². The zero-order valence-electron chi connectivity index (χ0n) is 10.5. The van der Waals surface area contributed by atoms with Crippen LogP contribution >= 0.6 is 0 Å². The average molecular weight is 284 g/mol. The van der Waals surface area contributed by atoms with Crippen LogP contribution in [0.4, 0.5) is 5.69 Å². The van der Waals surface area contributed by atoms with Gasteiger partial charge in [-0.25, -0.2) is 8.42 Å². The van der Waals surface area contributed by atoms with Crippen LogP contribution in [0.1, 0.15) is 0 Å². The van der Waals surface area contributed by atoms with Gasteiger partial charge in [0.15, 0.2) is 9.84 Å². The first-order valence-electron chi connectivity index (χ1n) is 5.82. The summed E-state index contributed by atoms with van der Waals surface area (Å²) in [6, 6.07) is 5.72. The Morgan fingerprint density at radius 3 is 2.42 bits per heavy atom. The molecule has 1 aromatic carbocycles. The van der Waals surface area contributed by atoms with Crippen LogP contribution in [0.15, 0.2) is 29.2 Å². The Hall–Kier alpha value is -1.44. The molecule has 7 heteroatoms. The van der Waals surface area contributed by atoms with E-state index in [-0.39, 0.29) is 22.8 Å². The summed E-state index contributed by atoms with van der Waals surface area (Å²) in [5.41, 5.74) is 6.29. The predicted molar refractivity (Wildman–Crippen MR) is 70.5 cm³/mol. The van der Waals surface area contributed by atoms with E-state index in [0.29, 0.717) is 18.9 Å². The molecule has 0 spiro atoms. The Balaban J connectivity index is 2.06. The number of nitrogens with two attached hydrogens (primary N) is 1. The lowest BCUT2D eigenvalue weighted by Crippen LogP contribution is -2.37. The topological polar surface area (TPSA) is 98.5 Å². The minimum atomic E-state index is -3.23. The van der Waals surface area contributed by atoms with Gasteiger partial charge < -0.3 is 15.8 Å². The van der Waals surface area contributed by atoms with Gasteiger partial charge >= 0.3 is 0 Å². The highest BCUT2D eigenvalue weighted by Crippen LogP contribution is 2.17. The number of ether oxygens (including phenoxy) is 1. The average Bonchev–Trinajstić information content (AvgIpc) is 2.75. The third-order valence-corrected chi connectivity index (χ3v) is 4.14. The summed E-state index contributed by atoms with van der Waals surface area (Å²) in [5, 5.41) is 2.70. The van der Waals surface area contributed by atoms with Crippen molar-refractivity contribution in [2.24, 2.45) is 11.7 Å². The van der Waals surface area contributed by atoms with Gasteiger partial charge in [0.2, 0.25) is 5.91 Å². The smallest absolute Gasteiger partial charge is 0.231 e. The lowest BCUT2D eigenvalue weighted by Gasteiger charge is -2.13. The van der Waals surface area contributed by atoms with E-state index in [1.54, 1.807) is 12.1 Å². The molecule has 1 amide bonds. The molecule has 1 aromatic rings. The van der Waals surface area contributed by atoms with Crippen molar-refractivity contribution in [2.75, 3.05) is 24.8 Å². The Kier molecular flexibility index (Phi) is 3.88. The van der Waals surface area contributed by atoms with E-state index in [1.807, 2.05) is 0 Å². The number of carbonyl (C=O) groups excluding carboxylic acids is 1. The van der Waals surface area contributed by atoms with E-state index < -0.39 is 9.84 Å². The Morgan fingerprint density at radius 2 is 1.95 bits per heavy atom. The predicted octanol–water partition coefficient (Wildman–Crippen LogP) is 0.00230. The van der Waals surface area contributed by atoms with E-state index in [4.69, 9.17) is 10.5 Å². The van der Waals surface area contributed by atoms with Crippen molar-refractivity contribution in [1.82, 2.24) is 0 Å². The molecule has 0 aliphatic carbocycles. The molecule has 2 atom stereocenters. The van der Waals surface area contributed by atoms with E-state index >= 15 is 0 Å². The normalized spacial score (nSPS) is 23.3. The Morgan fingerprint density at radius 1 is 1.32 bits per heavy atom. The number of amides is 1. The molecule has 0 saturated carbocycles. The summed E-state index contributed by atoms with van der Waals surface area (Å²) in [4.78, 5) is 12.1. The fraction of sp³-hybridized carbons (Fsp3) is 0.417. The van der Waals surface area contributed by atoms with E-state index in [0.717, 1.165) is 6.26 Å². The summed E-state index contributed by atoms with van der Waals surface area (Å²) < 4.78 is 27.7. The summed E-state index contributed by atoms with van der Waals surface area (Å²) in [5.74, 6) is -0.577. The number of benzene rings is 1. The third-order valence-electron chi connectivity index (χ3n) is 3.01. The molecule has 1 fully saturated rings. The minimum Gasteiger partial charge on any atom is -0.379 e. The minimum absolute atomic E-state index is 0.211. The molecular weight excluding hydrogens is 268 g/mol. The molecule has 6 nitrogen and oxygen atoms in total. The lowest BCUT2D eigenvalue weighted by atomic mass is 10.0. The molecular formula is C12H16N2O4S. The number of sulfone groups is 1. The van der Waals surface area contributed by atoms with E-state index in [9.17, 15) is 13.2 Å². The maximum absolute atomic E-state index is 11.9. The first kappa shape index (κ1) is 14.0. The summed E-state index contributed by atoms with van der Waals surface area (Å²) in [6.07, 6.45) is 1.13. The van der Waals surface area contributed by atoms with E-state index in [1.165, 1.54) is 12.1 Å². The van der Waals surface area contributed by atoms with Crippen LogP contribution in [-0.2, 0) is 19.4 Å².